The summed E-state index contributed by atoms with van der Waals surface area (Å²) in [7, 11) is 4.41. The molecule has 0 spiro atoms. The summed E-state index contributed by atoms with van der Waals surface area (Å²) in [6.07, 6.45) is 6.75. The lowest BCUT2D eigenvalue weighted by molar-refractivity contribution is 0.188. The monoisotopic (exact) mass is 254 g/mol. The Morgan fingerprint density at radius 3 is 2.17 bits per heavy atom. The fraction of sp³-hybridized carbons (Fsp3) is 1.00. The van der Waals surface area contributed by atoms with Crippen LogP contribution in [0.15, 0.2) is 0 Å². The highest BCUT2D eigenvalue weighted by molar-refractivity contribution is 4.83. The maximum Gasteiger partial charge on any atom is 0.0217 e. The maximum atomic E-state index is 3.80. The Hall–Kier alpha value is -0.0800. The minimum Gasteiger partial charge on any atom is -0.312 e. The van der Waals surface area contributed by atoms with Gasteiger partial charge >= 0.3 is 0 Å². The number of rotatable bonds is 6. The molecule has 0 amide bonds. The van der Waals surface area contributed by atoms with Crippen molar-refractivity contribution in [3.63, 3.8) is 0 Å². The molecular formula is C16H34N2. The molecule has 0 aromatic carbocycles. The maximum absolute atomic E-state index is 3.80. The van der Waals surface area contributed by atoms with Crippen LogP contribution in [0.5, 0.6) is 0 Å². The molecule has 1 aliphatic carbocycles. The predicted molar refractivity (Wildman–Crippen MR) is 81.0 cm³/mol. The number of likely N-dealkylation sites (N-methyl/N-ethyl adjacent to an activating group) is 1. The van der Waals surface area contributed by atoms with Gasteiger partial charge in [0.2, 0.25) is 0 Å². The highest BCUT2D eigenvalue weighted by atomic mass is 15.1. The van der Waals surface area contributed by atoms with E-state index in [1.807, 2.05) is 0 Å². The molecule has 1 rings (SSSR count). The second-order valence-electron chi connectivity index (χ2n) is 7.59. The molecule has 1 atom stereocenters. The van der Waals surface area contributed by atoms with Crippen LogP contribution in [0.4, 0.5) is 0 Å². The van der Waals surface area contributed by atoms with Gasteiger partial charge in [0.1, 0.15) is 0 Å². The molecule has 0 aliphatic heterocycles. The fourth-order valence-electron chi connectivity index (χ4n) is 2.93. The molecule has 1 saturated carbocycles. The largest absolute Gasteiger partial charge is 0.312 e. The highest BCUT2D eigenvalue weighted by Gasteiger charge is 2.27. The van der Waals surface area contributed by atoms with Crippen LogP contribution in [0.2, 0.25) is 0 Å². The first kappa shape index (κ1) is 16.0. The minimum absolute atomic E-state index is 0.580. The van der Waals surface area contributed by atoms with Crippen LogP contribution in [0.3, 0.4) is 0 Å². The summed E-state index contributed by atoms with van der Waals surface area (Å²) in [5, 5.41) is 3.80. The average Bonchev–Trinajstić information content (AvgIpc) is 2.25. The van der Waals surface area contributed by atoms with Crippen LogP contribution >= 0.6 is 0 Å². The van der Waals surface area contributed by atoms with Gasteiger partial charge in [-0.2, -0.15) is 0 Å². The molecule has 2 heteroatoms. The van der Waals surface area contributed by atoms with Gasteiger partial charge < -0.3 is 10.2 Å². The van der Waals surface area contributed by atoms with Gasteiger partial charge in [-0.3, -0.25) is 0 Å². The van der Waals surface area contributed by atoms with E-state index in [4.69, 9.17) is 0 Å². The minimum atomic E-state index is 0.580. The highest BCUT2D eigenvalue weighted by Crippen LogP contribution is 2.34. The lowest BCUT2D eigenvalue weighted by Crippen LogP contribution is -2.44. The van der Waals surface area contributed by atoms with E-state index >= 15 is 0 Å². The van der Waals surface area contributed by atoms with E-state index in [0.717, 1.165) is 18.5 Å². The van der Waals surface area contributed by atoms with E-state index in [1.165, 1.54) is 32.1 Å². The summed E-state index contributed by atoms with van der Waals surface area (Å²) < 4.78 is 0. The first-order valence-electron chi connectivity index (χ1n) is 7.70. The van der Waals surface area contributed by atoms with Gasteiger partial charge in [-0.25, -0.2) is 0 Å². The topological polar surface area (TPSA) is 15.3 Å². The first-order chi connectivity index (χ1) is 8.30. The van der Waals surface area contributed by atoms with Crippen molar-refractivity contribution in [2.45, 2.75) is 71.9 Å². The molecule has 108 valence electrons. The third-order valence-electron chi connectivity index (χ3n) is 4.46. The Bertz CT molecular complexity index is 223. The second-order valence-corrected chi connectivity index (χ2v) is 7.59. The summed E-state index contributed by atoms with van der Waals surface area (Å²) >= 11 is 0. The van der Waals surface area contributed by atoms with Crippen LogP contribution in [0.25, 0.3) is 0 Å². The first-order valence-corrected chi connectivity index (χ1v) is 7.70. The molecule has 0 radical (unpaired) electrons. The Kier molecular flexibility index (Phi) is 6.13. The van der Waals surface area contributed by atoms with Gasteiger partial charge in [0.05, 0.1) is 0 Å². The van der Waals surface area contributed by atoms with E-state index in [-0.39, 0.29) is 0 Å². The van der Waals surface area contributed by atoms with E-state index < -0.39 is 0 Å². The van der Waals surface area contributed by atoms with Crippen molar-refractivity contribution in [1.29, 1.82) is 0 Å². The number of nitrogens with one attached hydrogen (secondary N) is 1. The van der Waals surface area contributed by atoms with Gasteiger partial charge in [0.15, 0.2) is 0 Å². The van der Waals surface area contributed by atoms with Crippen molar-refractivity contribution in [2.75, 3.05) is 20.6 Å². The van der Waals surface area contributed by atoms with Crippen molar-refractivity contribution in [3.8, 4) is 0 Å². The van der Waals surface area contributed by atoms with Gasteiger partial charge in [-0.15, -0.1) is 0 Å². The van der Waals surface area contributed by atoms with Crippen molar-refractivity contribution in [1.82, 2.24) is 10.2 Å². The van der Waals surface area contributed by atoms with E-state index in [9.17, 15) is 0 Å². The van der Waals surface area contributed by atoms with Crippen LogP contribution in [-0.2, 0) is 0 Å². The summed E-state index contributed by atoms with van der Waals surface area (Å²) in [6, 6.07) is 1.44. The quantitative estimate of drug-likeness (QED) is 0.780. The number of hydrogen-bond acceptors (Lipinski definition) is 2. The fourth-order valence-corrected chi connectivity index (χ4v) is 2.93. The van der Waals surface area contributed by atoms with Gasteiger partial charge in [0, 0.05) is 18.6 Å². The molecule has 1 unspecified atom stereocenters. The van der Waals surface area contributed by atoms with E-state index in [0.29, 0.717) is 11.5 Å². The van der Waals surface area contributed by atoms with Crippen LogP contribution < -0.4 is 5.32 Å². The molecule has 2 nitrogen and oxygen atoms in total. The molecule has 0 aromatic heterocycles. The summed E-state index contributed by atoms with van der Waals surface area (Å²) in [6.45, 7) is 10.6. The van der Waals surface area contributed by atoms with Crippen LogP contribution in [0, 0.1) is 11.3 Å². The Balaban J connectivity index is 2.30. The van der Waals surface area contributed by atoms with Crippen molar-refractivity contribution in [2.24, 2.45) is 11.3 Å². The molecular weight excluding hydrogens is 220 g/mol. The van der Waals surface area contributed by atoms with E-state index in [2.05, 4.69) is 52.0 Å². The molecule has 1 N–H and O–H groups in total. The zero-order chi connectivity index (χ0) is 13.8. The molecule has 1 fully saturated rings. The molecule has 0 saturated heterocycles. The van der Waals surface area contributed by atoms with Crippen molar-refractivity contribution in [3.05, 3.63) is 0 Å². The van der Waals surface area contributed by atoms with Gasteiger partial charge in [0.25, 0.3) is 0 Å². The SMILES string of the molecule is CC(C)CC(CNC1CCC(C)(C)CC1)N(C)C. The lowest BCUT2D eigenvalue weighted by atomic mass is 9.75. The Morgan fingerprint density at radius 1 is 1.17 bits per heavy atom. The smallest absolute Gasteiger partial charge is 0.0217 e. The van der Waals surface area contributed by atoms with Crippen LogP contribution in [0.1, 0.15) is 59.8 Å². The average molecular weight is 254 g/mol. The zero-order valence-electron chi connectivity index (χ0n) is 13.4. The predicted octanol–water partition coefficient (Wildman–Crippen LogP) is 3.52. The van der Waals surface area contributed by atoms with Gasteiger partial charge in [-0.05, 0) is 57.5 Å². The Morgan fingerprint density at radius 2 is 1.72 bits per heavy atom. The summed E-state index contributed by atoms with van der Waals surface area (Å²) in [4.78, 5) is 2.37. The standard InChI is InChI=1S/C16H34N2/c1-13(2)11-15(18(5)6)12-17-14-7-9-16(3,4)10-8-14/h13-15,17H,7-12H2,1-6H3. The Labute approximate surface area is 115 Å². The molecule has 0 bridgehead atoms. The van der Waals surface area contributed by atoms with Gasteiger partial charge in [-0.1, -0.05) is 27.7 Å². The summed E-state index contributed by atoms with van der Waals surface area (Å²) in [5.41, 5.74) is 0.580. The second kappa shape index (κ2) is 6.91. The molecule has 1 aliphatic rings. The van der Waals surface area contributed by atoms with E-state index in [1.54, 1.807) is 0 Å². The zero-order valence-corrected chi connectivity index (χ0v) is 13.4. The lowest BCUT2D eigenvalue weighted by Gasteiger charge is -2.36. The van der Waals surface area contributed by atoms with Crippen molar-refractivity contribution >= 4 is 0 Å². The third kappa shape index (κ3) is 5.71. The number of nitrogens with zero attached hydrogens (tertiary/aromatic N) is 1. The number of hydrogen-bond donors (Lipinski definition) is 1. The molecule has 0 aromatic rings. The normalized spacial score (nSPS) is 22.7. The van der Waals surface area contributed by atoms with Crippen LogP contribution in [-0.4, -0.2) is 37.6 Å². The third-order valence-corrected chi connectivity index (χ3v) is 4.46. The molecule has 0 heterocycles. The molecule has 18 heavy (non-hydrogen) atoms. The van der Waals surface area contributed by atoms with Crippen molar-refractivity contribution < 1.29 is 0 Å². The summed E-state index contributed by atoms with van der Waals surface area (Å²) in [5.74, 6) is 0.782.